The van der Waals surface area contributed by atoms with Crippen molar-refractivity contribution >= 4 is 0 Å². The van der Waals surface area contributed by atoms with Crippen molar-refractivity contribution in [2.24, 2.45) is 5.92 Å². The Morgan fingerprint density at radius 3 is 2.71 bits per heavy atom. The molecule has 17 heavy (non-hydrogen) atoms. The highest BCUT2D eigenvalue weighted by Crippen LogP contribution is 2.35. The summed E-state index contributed by atoms with van der Waals surface area (Å²) in [5.41, 5.74) is 0. The van der Waals surface area contributed by atoms with Crippen molar-refractivity contribution in [1.29, 1.82) is 5.26 Å². The van der Waals surface area contributed by atoms with E-state index >= 15 is 0 Å². The lowest BCUT2D eigenvalue weighted by molar-refractivity contribution is 0.113. The third kappa shape index (κ3) is 5.03. The number of likely N-dealkylation sites (N-methyl/N-ethyl adjacent to an activating group) is 1. The van der Waals surface area contributed by atoms with E-state index in [-0.39, 0.29) is 6.04 Å². The molecule has 1 aliphatic rings. The van der Waals surface area contributed by atoms with Gasteiger partial charge in [0.2, 0.25) is 0 Å². The van der Waals surface area contributed by atoms with Crippen LogP contribution in [0, 0.1) is 17.2 Å². The lowest BCUT2D eigenvalue weighted by Gasteiger charge is -2.30. The first-order valence-corrected chi connectivity index (χ1v) is 6.58. The van der Waals surface area contributed by atoms with E-state index in [0.29, 0.717) is 6.04 Å². The van der Waals surface area contributed by atoms with Gasteiger partial charge in [0.15, 0.2) is 0 Å². The van der Waals surface area contributed by atoms with Crippen molar-refractivity contribution in [3.8, 4) is 6.07 Å². The van der Waals surface area contributed by atoms with Gasteiger partial charge in [-0.1, -0.05) is 6.92 Å². The molecule has 0 bridgehead atoms. The normalized spacial score (nSPS) is 19.0. The molecule has 0 amide bonds. The predicted molar refractivity (Wildman–Crippen MR) is 68.7 cm³/mol. The van der Waals surface area contributed by atoms with E-state index in [1.807, 2.05) is 6.92 Å². The molecule has 98 valence electrons. The second-order valence-electron chi connectivity index (χ2n) is 4.81. The smallest absolute Gasteiger partial charge is 0.108 e. The van der Waals surface area contributed by atoms with E-state index in [9.17, 15) is 0 Å². The Morgan fingerprint density at radius 2 is 2.24 bits per heavy atom. The molecule has 0 aliphatic heterocycles. The summed E-state index contributed by atoms with van der Waals surface area (Å²) >= 11 is 0. The van der Waals surface area contributed by atoms with E-state index in [1.165, 1.54) is 12.8 Å². The molecule has 0 aromatic heterocycles. The Bertz CT molecular complexity index is 248. The molecule has 1 rings (SSSR count). The number of nitrogens with one attached hydrogen (secondary N) is 1. The topological polar surface area (TPSA) is 48.3 Å². The van der Waals surface area contributed by atoms with Crippen LogP contribution in [0.2, 0.25) is 0 Å². The first-order valence-electron chi connectivity index (χ1n) is 6.58. The second kappa shape index (κ2) is 7.65. The van der Waals surface area contributed by atoms with Crippen LogP contribution in [0.25, 0.3) is 0 Å². The van der Waals surface area contributed by atoms with Gasteiger partial charge in [-0.15, -0.1) is 0 Å². The van der Waals surface area contributed by atoms with Crippen LogP contribution in [0.5, 0.6) is 0 Å². The van der Waals surface area contributed by atoms with Gasteiger partial charge in [0.25, 0.3) is 0 Å². The summed E-state index contributed by atoms with van der Waals surface area (Å²) in [6, 6.07) is 2.83. The maximum atomic E-state index is 9.10. The minimum Gasteiger partial charge on any atom is -0.383 e. The maximum Gasteiger partial charge on any atom is 0.108 e. The van der Waals surface area contributed by atoms with Crippen molar-refractivity contribution in [2.75, 3.05) is 33.4 Å². The van der Waals surface area contributed by atoms with Crippen LogP contribution in [-0.4, -0.2) is 50.3 Å². The Balaban J connectivity index is 2.46. The molecule has 4 nitrogen and oxygen atoms in total. The molecule has 0 radical (unpaired) electrons. The van der Waals surface area contributed by atoms with Crippen LogP contribution in [0.4, 0.5) is 0 Å². The molecule has 0 aromatic rings. The number of nitrogens with zero attached hydrogens (tertiary/aromatic N) is 2. The Morgan fingerprint density at radius 1 is 1.53 bits per heavy atom. The number of hydrogen-bond donors (Lipinski definition) is 1. The predicted octanol–water partition coefficient (Wildman–Crippen LogP) is 1.23. The lowest BCUT2D eigenvalue weighted by atomic mass is 10.1. The monoisotopic (exact) mass is 239 g/mol. The van der Waals surface area contributed by atoms with Crippen molar-refractivity contribution in [3.63, 3.8) is 0 Å². The second-order valence-corrected chi connectivity index (χ2v) is 4.81. The van der Waals surface area contributed by atoms with Gasteiger partial charge in [0.05, 0.1) is 12.7 Å². The Labute approximate surface area is 105 Å². The number of nitriles is 1. The Kier molecular flexibility index (Phi) is 6.49. The molecule has 1 N–H and O–H groups in total. The fraction of sp³-hybridized carbons (Fsp3) is 0.923. The highest BCUT2D eigenvalue weighted by Gasteiger charge is 2.32. The number of rotatable bonds is 9. The SMILES string of the molecule is CCNC(C#N)CN(CCOC)C(C)C1CC1. The van der Waals surface area contributed by atoms with E-state index < -0.39 is 0 Å². The first-order chi connectivity index (χ1) is 8.22. The van der Waals surface area contributed by atoms with Crippen LogP contribution in [0.15, 0.2) is 0 Å². The van der Waals surface area contributed by atoms with Crippen LogP contribution in [0.3, 0.4) is 0 Å². The van der Waals surface area contributed by atoms with Crippen molar-refractivity contribution < 1.29 is 4.74 Å². The van der Waals surface area contributed by atoms with Gasteiger partial charge in [0.1, 0.15) is 6.04 Å². The molecule has 0 heterocycles. The standard InChI is InChI=1S/C13H25N3O/c1-4-15-13(9-14)10-16(7-8-17-3)11(2)12-5-6-12/h11-13,15H,4-8,10H2,1-3H3. The highest BCUT2D eigenvalue weighted by atomic mass is 16.5. The molecule has 0 aromatic carbocycles. The minimum atomic E-state index is -0.0712. The van der Waals surface area contributed by atoms with Gasteiger partial charge in [-0.3, -0.25) is 4.90 Å². The third-order valence-electron chi connectivity index (χ3n) is 3.49. The minimum absolute atomic E-state index is 0.0712. The van der Waals surface area contributed by atoms with E-state index in [0.717, 1.165) is 32.2 Å². The zero-order valence-corrected chi connectivity index (χ0v) is 11.3. The molecule has 0 saturated heterocycles. The maximum absolute atomic E-state index is 9.10. The van der Waals surface area contributed by atoms with Crippen LogP contribution >= 0.6 is 0 Å². The zero-order chi connectivity index (χ0) is 12.7. The van der Waals surface area contributed by atoms with E-state index in [4.69, 9.17) is 10.00 Å². The third-order valence-corrected chi connectivity index (χ3v) is 3.49. The van der Waals surface area contributed by atoms with Crippen molar-refractivity contribution in [1.82, 2.24) is 10.2 Å². The molecule has 1 aliphatic carbocycles. The van der Waals surface area contributed by atoms with Crippen molar-refractivity contribution in [3.05, 3.63) is 0 Å². The summed E-state index contributed by atoms with van der Waals surface area (Å²) in [7, 11) is 1.73. The number of methoxy groups -OCH3 is 1. The number of hydrogen-bond acceptors (Lipinski definition) is 4. The first kappa shape index (κ1) is 14.4. The van der Waals surface area contributed by atoms with Crippen LogP contribution in [0.1, 0.15) is 26.7 Å². The van der Waals surface area contributed by atoms with Gasteiger partial charge < -0.3 is 10.1 Å². The zero-order valence-electron chi connectivity index (χ0n) is 11.3. The Hall–Kier alpha value is -0.630. The van der Waals surface area contributed by atoms with Gasteiger partial charge >= 0.3 is 0 Å². The molecular formula is C13H25N3O. The molecular weight excluding hydrogens is 214 g/mol. The molecule has 2 atom stereocenters. The lowest BCUT2D eigenvalue weighted by Crippen LogP contribution is -2.46. The summed E-state index contributed by atoms with van der Waals surface area (Å²) < 4.78 is 5.15. The van der Waals surface area contributed by atoms with E-state index in [2.05, 4.69) is 23.2 Å². The fourth-order valence-electron chi connectivity index (χ4n) is 2.18. The quantitative estimate of drug-likeness (QED) is 0.657. The van der Waals surface area contributed by atoms with Gasteiger partial charge in [-0.05, 0) is 32.2 Å². The highest BCUT2D eigenvalue weighted by molar-refractivity contribution is 4.94. The van der Waals surface area contributed by atoms with Gasteiger partial charge in [-0.25, -0.2) is 0 Å². The fourth-order valence-corrected chi connectivity index (χ4v) is 2.18. The summed E-state index contributed by atoms with van der Waals surface area (Å²) in [5.74, 6) is 0.827. The molecule has 1 fully saturated rings. The van der Waals surface area contributed by atoms with Crippen LogP contribution in [-0.2, 0) is 4.74 Å². The summed E-state index contributed by atoms with van der Waals surface area (Å²) in [5, 5.41) is 12.3. The van der Waals surface area contributed by atoms with Gasteiger partial charge in [0, 0.05) is 26.2 Å². The molecule has 0 spiro atoms. The van der Waals surface area contributed by atoms with Crippen LogP contribution < -0.4 is 5.32 Å². The molecule has 2 unspecified atom stereocenters. The summed E-state index contributed by atoms with van der Waals surface area (Å²) in [4.78, 5) is 2.39. The number of ether oxygens (including phenoxy) is 1. The summed E-state index contributed by atoms with van der Waals surface area (Å²) in [6.45, 7) is 7.60. The van der Waals surface area contributed by atoms with Crippen molar-refractivity contribution in [2.45, 2.75) is 38.8 Å². The van der Waals surface area contributed by atoms with Gasteiger partial charge in [-0.2, -0.15) is 5.26 Å². The van der Waals surface area contributed by atoms with E-state index in [1.54, 1.807) is 7.11 Å². The average Bonchev–Trinajstić information content (AvgIpc) is 3.16. The average molecular weight is 239 g/mol. The molecule has 1 saturated carbocycles. The molecule has 4 heteroatoms. The summed E-state index contributed by atoms with van der Waals surface area (Å²) in [6.07, 6.45) is 2.67. The largest absolute Gasteiger partial charge is 0.383 e.